The van der Waals surface area contributed by atoms with Crippen molar-refractivity contribution in [1.82, 2.24) is 15.5 Å². The molecule has 0 bridgehead atoms. The molecule has 1 aliphatic rings. The SMILES string of the molecule is Cc1cccc(C(CNC(=O)CNC(=O)c2ccc(-c3ccccc3)cc2)N2CCOCC2)c1. The Hall–Kier alpha value is -3.48. The molecule has 3 aromatic carbocycles. The molecule has 2 amide bonds. The smallest absolute Gasteiger partial charge is 0.251 e. The van der Waals surface area contributed by atoms with E-state index in [1.54, 1.807) is 12.1 Å². The molecule has 1 unspecified atom stereocenters. The van der Waals surface area contributed by atoms with Gasteiger partial charge >= 0.3 is 0 Å². The van der Waals surface area contributed by atoms with Gasteiger partial charge in [-0.1, -0.05) is 72.3 Å². The van der Waals surface area contributed by atoms with E-state index in [0.29, 0.717) is 25.3 Å². The minimum Gasteiger partial charge on any atom is -0.379 e. The van der Waals surface area contributed by atoms with Crippen LogP contribution in [0.1, 0.15) is 27.5 Å². The van der Waals surface area contributed by atoms with Crippen LogP contribution in [0.25, 0.3) is 11.1 Å². The fourth-order valence-electron chi connectivity index (χ4n) is 4.20. The number of nitrogens with one attached hydrogen (secondary N) is 2. The van der Waals surface area contributed by atoms with Crippen molar-refractivity contribution in [3.8, 4) is 11.1 Å². The Morgan fingerprint density at radius 3 is 2.29 bits per heavy atom. The van der Waals surface area contributed by atoms with E-state index in [1.807, 2.05) is 48.5 Å². The standard InChI is InChI=1S/C28H31N3O3/c1-21-6-5-9-25(18-21)26(31-14-16-34-17-15-31)19-29-27(32)20-30-28(33)24-12-10-23(11-13-24)22-7-3-2-4-8-22/h2-13,18,26H,14-17,19-20H2,1H3,(H,29,32)(H,30,33). The van der Waals surface area contributed by atoms with Crippen molar-refractivity contribution in [1.29, 1.82) is 0 Å². The minimum absolute atomic E-state index is 0.0639. The molecule has 6 nitrogen and oxygen atoms in total. The number of aryl methyl sites for hydroxylation is 1. The number of ether oxygens (including phenoxy) is 1. The molecule has 0 spiro atoms. The van der Waals surface area contributed by atoms with Crippen LogP contribution in [0.2, 0.25) is 0 Å². The monoisotopic (exact) mass is 457 g/mol. The van der Waals surface area contributed by atoms with E-state index in [-0.39, 0.29) is 24.4 Å². The molecule has 6 heteroatoms. The Morgan fingerprint density at radius 2 is 1.59 bits per heavy atom. The Morgan fingerprint density at radius 1 is 0.882 bits per heavy atom. The first-order valence-corrected chi connectivity index (χ1v) is 11.7. The lowest BCUT2D eigenvalue weighted by atomic mass is 10.0. The summed E-state index contributed by atoms with van der Waals surface area (Å²) in [5.74, 6) is -0.474. The van der Waals surface area contributed by atoms with Gasteiger partial charge in [0.2, 0.25) is 5.91 Å². The first kappa shape index (κ1) is 23.7. The van der Waals surface area contributed by atoms with Gasteiger partial charge in [-0.25, -0.2) is 0 Å². The van der Waals surface area contributed by atoms with E-state index in [2.05, 4.69) is 40.7 Å². The maximum atomic E-state index is 12.5. The van der Waals surface area contributed by atoms with Crippen LogP contribution < -0.4 is 10.6 Å². The van der Waals surface area contributed by atoms with Gasteiger partial charge in [-0.05, 0) is 35.7 Å². The van der Waals surface area contributed by atoms with Crippen LogP contribution in [0.4, 0.5) is 0 Å². The van der Waals surface area contributed by atoms with Crippen molar-refractivity contribution < 1.29 is 14.3 Å². The predicted octanol–water partition coefficient (Wildman–Crippen LogP) is 3.58. The number of carbonyl (C=O) groups is 2. The van der Waals surface area contributed by atoms with Crippen LogP contribution in [-0.4, -0.2) is 56.1 Å². The zero-order chi connectivity index (χ0) is 23.8. The molecule has 1 heterocycles. The molecule has 2 N–H and O–H groups in total. The summed E-state index contributed by atoms with van der Waals surface area (Å²) in [5, 5.41) is 5.72. The third-order valence-electron chi connectivity index (χ3n) is 6.07. The number of hydrogen-bond acceptors (Lipinski definition) is 4. The van der Waals surface area contributed by atoms with Gasteiger partial charge < -0.3 is 15.4 Å². The highest BCUT2D eigenvalue weighted by Gasteiger charge is 2.23. The second-order valence-electron chi connectivity index (χ2n) is 8.51. The van der Waals surface area contributed by atoms with Crippen LogP contribution >= 0.6 is 0 Å². The Kier molecular flexibility index (Phi) is 8.07. The maximum absolute atomic E-state index is 12.5. The molecule has 1 atom stereocenters. The molecule has 0 aliphatic carbocycles. The van der Waals surface area contributed by atoms with Crippen molar-refractivity contribution in [2.75, 3.05) is 39.4 Å². The van der Waals surface area contributed by atoms with Gasteiger partial charge in [-0.3, -0.25) is 14.5 Å². The highest BCUT2D eigenvalue weighted by molar-refractivity contribution is 5.96. The summed E-state index contributed by atoms with van der Waals surface area (Å²) >= 11 is 0. The molecule has 1 aliphatic heterocycles. The number of benzene rings is 3. The number of rotatable bonds is 8. The number of nitrogens with zero attached hydrogens (tertiary/aromatic N) is 1. The number of morpholine rings is 1. The second kappa shape index (κ2) is 11.6. The lowest BCUT2D eigenvalue weighted by molar-refractivity contribution is -0.120. The third kappa shape index (κ3) is 6.31. The average Bonchev–Trinajstić information content (AvgIpc) is 2.89. The molecule has 0 radical (unpaired) electrons. The highest BCUT2D eigenvalue weighted by Crippen LogP contribution is 2.22. The van der Waals surface area contributed by atoms with Crippen molar-refractivity contribution in [3.63, 3.8) is 0 Å². The van der Waals surface area contributed by atoms with E-state index >= 15 is 0 Å². The quantitative estimate of drug-likeness (QED) is 0.543. The van der Waals surface area contributed by atoms with Gasteiger partial charge in [0, 0.05) is 25.2 Å². The summed E-state index contributed by atoms with van der Waals surface area (Å²) in [5.41, 5.74) is 5.02. The van der Waals surface area contributed by atoms with Crippen molar-refractivity contribution >= 4 is 11.8 Å². The first-order chi connectivity index (χ1) is 16.6. The Labute approximate surface area is 200 Å². The van der Waals surface area contributed by atoms with Crippen molar-refractivity contribution in [3.05, 3.63) is 95.6 Å². The van der Waals surface area contributed by atoms with E-state index in [0.717, 1.165) is 24.2 Å². The van der Waals surface area contributed by atoms with Crippen LogP contribution in [0.5, 0.6) is 0 Å². The summed E-state index contributed by atoms with van der Waals surface area (Å²) in [7, 11) is 0. The Bertz CT molecular complexity index is 1090. The largest absolute Gasteiger partial charge is 0.379 e. The fourth-order valence-corrected chi connectivity index (χ4v) is 4.20. The summed E-state index contributed by atoms with van der Waals surface area (Å²) in [6, 6.07) is 25.8. The van der Waals surface area contributed by atoms with Crippen molar-refractivity contribution in [2.24, 2.45) is 0 Å². The molecule has 34 heavy (non-hydrogen) atoms. The number of hydrogen-bond donors (Lipinski definition) is 2. The zero-order valence-electron chi connectivity index (χ0n) is 19.5. The van der Waals surface area contributed by atoms with Crippen LogP contribution in [0.3, 0.4) is 0 Å². The molecule has 1 saturated heterocycles. The van der Waals surface area contributed by atoms with E-state index in [1.165, 1.54) is 11.1 Å². The van der Waals surface area contributed by atoms with Gasteiger partial charge in [0.05, 0.1) is 25.8 Å². The number of amides is 2. The van der Waals surface area contributed by atoms with Crippen LogP contribution in [0, 0.1) is 6.92 Å². The second-order valence-corrected chi connectivity index (χ2v) is 8.51. The topological polar surface area (TPSA) is 70.7 Å². The summed E-state index contributed by atoms with van der Waals surface area (Å²) < 4.78 is 5.50. The summed E-state index contributed by atoms with van der Waals surface area (Å²) in [6.07, 6.45) is 0. The van der Waals surface area contributed by atoms with Gasteiger partial charge in [0.25, 0.3) is 5.91 Å². The van der Waals surface area contributed by atoms with Crippen LogP contribution in [0.15, 0.2) is 78.9 Å². The molecular weight excluding hydrogens is 426 g/mol. The molecule has 3 aromatic rings. The summed E-state index contributed by atoms with van der Waals surface area (Å²) in [4.78, 5) is 27.4. The molecular formula is C28H31N3O3. The maximum Gasteiger partial charge on any atom is 0.251 e. The van der Waals surface area contributed by atoms with E-state index in [9.17, 15) is 9.59 Å². The zero-order valence-corrected chi connectivity index (χ0v) is 19.5. The lowest BCUT2D eigenvalue weighted by Gasteiger charge is -2.35. The van der Waals surface area contributed by atoms with E-state index in [4.69, 9.17) is 4.74 Å². The van der Waals surface area contributed by atoms with E-state index < -0.39 is 0 Å². The lowest BCUT2D eigenvalue weighted by Crippen LogP contribution is -2.45. The van der Waals surface area contributed by atoms with Gasteiger partial charge in [0.1, 0.15) is 0 Å². The molecule has 4 rings (SSSR count). The fraction of sp³-hybridized carbons (Fsp3) is 0.286. The highest BCUT2D eigenvalue weighted by atomic mass is 16.5. The average molecular weight is 458 g/mol. The van der Waals surface area contributed by atoms with Gasteiger partial charge in [0.15, 0.2) is 0 Å². The molecule has 0 aromatic heterocycles. The minimum atomic E-state index is -0.266. The molecule has 0 saturated carbocycles. The Balaban J connectivity index is 1.31. The predicted molar refractivity (Wildman–Crippen MR) is 134 cm³/mol. The van der Waals surface area contributed by atoms with Gasteiger partial charge in [-0.2, -0.15) is 0 Å². The van der Waals surface area contributed by atoms with Crippen LogP contribution in [-0.2, 0) is 9.53 Å². The first-order valence-electron chi connectivity index (χ1n) is 11.7. The van der Waals surface area contributed by atoms with Crippen molar-refractivity contribution in [2.45, 2.75) is 13.0 Å². The number of carbonyl (C=O) groups excluding carboxylic acids is 2. The van der Waals surface area contributed by atoms with Gasteiger partial charge in [-0.15, -0.1) is 0 Å². The normalized spacial score (nSPS) is 14.9. The summed E-state index contributed by atoms with van der Waals surface area (Å²) in [6.45, 7) is 5.51. The third-order valence-corrected chi connectivity index (χ3v) is 6.07. The molecule has 1 fully saturated rings. The molecule has 176 valence electrons.